The SMILES string of the molecule is CCCN1C(=O)CCN(C(=O)CCc2ccccc2OC)CC12CCOC2. The van der Waals surface area contributed by atoms with Gasteiger partial charge in [0.25, 0.3) is 0 Å². The molecule has 1 aromatic carbocycles. The predicted octanol–water partition coefficient (Wildman–Crippen LogP) is 2.26. The highest BCUT2D eigenvalue weighted by molar-refractivity contribution is 5.81. The summed E-state index contributed by atoms with van der Waals surface area (Å²) in [5.74, 6) is 1.05. The van der Waals surface area contributed by atoms with Crippen LogP contribution in [0.3, 0.4) is 0 Å². The zero-order valence-corrected chi connectivity index (χ0v) is 16.4. The van der Waals surface area contributed by atoms with Gasteiger partial charge >= 0.3 is 0 Å². The number of rotatable bonds is 6. The molecule has 2 heterocycles. The third kappa shape index (κ3) is 4.26. The lowest BCUT2D eigenvalue weighted by atomic mass is 9.95. The van der Waals surface area contributed by atoms with Gasteiger partial charge in [-0.2, -0.15) is 0 Å². The van der Waals surface area contributed by atoms with E-state index in [9.17, 15) is 9.59 Å². The minimum Gasteiger partial charge on any atom is -0.496 e. The first-order valence-electron chi connectivity index (χ1n) is 9.87. The Morgan fingerprint density at radius 1 is 1.33 bits per heavy atom. The monoisotopic (exact) mass is 374 g/mol. The molecule has 0 saturated carbocycles. The molecule has 0 N–H and O–H groups in total. The Morgan fingerprint density at radius 2 is 2.15 bits per heavy atom. The zero-order valence-electron chi connectivity index (χ0n) is 16.4. The van der Waals surface area contributed by atoms with Crippen LogP contribution < -0.4 is 4.74 Å². The van der Waals surface area contributed by atoms with E-state index in [4.69, 9.17) is 9.47 Å². The summed E-state index contributed by atoms with van der Waals surface area (Å²) >= 11 is 0. The van der Waals surface area contributed by atoms with Crippen LogP contribution in [0.2, 0.25) is 0 Å². The van der Waals surface area contributed by atoms with Gasteiger partial charge in [0.2, 0.25) is 11.8 Å². The lowest BCUT2D eigenvalue weighted by Gasteiger charge is -2.40. The quantitative estimate of drug-likeness (QED) is 0.766. The number of hydrogen-bond donors (Lipinski definition) is 0. The van der Waals surface area contributed by atoms with E-state index in [0.717, 1.165) is 30.7 Å². The largest absolute Gasteiger partial charge is 0.496 e. The number of amides is 2. The number of carbonyl (C=O) groups is 2. The van der Waals surface area contributed by atoms with Crippen molar-refractivity contribution in [3.63, 3.8) is 0 Å². The van der Waals surface area contributed by atoms with Crippen molar-refractivity contribution in [2.75, 3.05) is 40.0 Å². The van der Waals surface area contributed by atoms with Gasteiger partial charge in [-0.25, -0.2) is 0 Å². The summed E-state index contributed by atoms with van der Waals surface area (Å²) < 4.78 is 11.0. The van der Waals surface area contributed by atoms with Crippen LogP contribution in [0.25, 0.3) is 0 Å². The number of aryl methyl sites for hydroxylation is 1. The first kappa shape index (κ1) is 19.7. The van der Waals surface area contributed by atoms with Crippen LogP contribution in [0.4, 0.5) is 0 Å². The smallest absolute Gasteiger partial charge is 0.224 e. The van der Waals surface area contributed by atoms with Crippen LogP contribution in [0.15, 0.2) is 24.3 Å². The summed E-state index contributed by atoms with van der Waals surface area (Å²) in [5.41, 5.74) is 0.676. The van der Waals surface area contributed by atoms with E-state index >= 15 is 0 Å². The average Bonchev–Trinajstić information content (AvgIpc) is 3.11. The lowest BCUT2D eigenvalue weighted by Crippen LogP contribution is -2.57. The van der Waals surface area contributed by atoms with E-state index in [0.29, 0.717) is 45.6 Å². The van der Waals surface area contributed by atoms with Crippen molar-refractivity contribution in [2.24, 2.45) is 0 Å². The zero-order chi connectivity index (χ0) is 19.3. The normalized spacial score (nSPS) is 23.0. The van der Waals surface area contributed by atoms with Crippen molar-refractivity contribution in [1.29, 1.82) is 0 Å². The van der Waals surface area contributed by atoms with Crippen LogP contribution in [0, 0.1) is 0 Å². The lowest BCUT2D eigenvalue weighted by molar-refractivity contribution is -0.137. The van der Waals surface area contributed by atoms with Crippen LogP contribution in [0.1, 0.15) is 38.2 Å². The third-order valence-electron chi connectivity index (χ3n) is 5.64. The summed E-state index contributed by atoms with van der Waals surface area (Å²) in [4.78, 5) is 29.5. The number of nitrogens with zero attached hydrogens (tertiary/aromatic N) is 2. The molecule has 2 amide bonds. The number of hydrogen-bond acceptors (Lipinski definition) is 4. The molecule has 2 fully saturated rings. The molecule has 0 bridgehead atoms. The van der Waals surface area contributed by atoms with Crippen molar-refractivity contribution in [3.05, 3.63) is 29.8 Å². The fraction of sp³-hybridized carbons (Fsp3) is 0.619. The second-order valence-electron chi connectivity index (χ2n) is 7.45. The maximum Gasteiger partial charge on any atom is 0.224 e. The first-order chi connectivity index (χ1) is 13.1. The van der Waals surface area contributed by atoms with Crippen LogP contribution in [-0.2, 0) is 20.7 Å². The standard InChI is InChI=1S/C21H30N2O4/c1-3-12-23-20(25)10-13-22(15-21(23)11-14-27-16-21)19(24)9-8-17-6-4-5-7-18(17)26-2/h4-7H,3,8-16H2,1-2H3. The molecule has 3 rings (SSSR count). The van der Waals surface area contributed by atoms with Gasteiger partial charge in [0, 0.05) is 39.1 Å². The summed E-state index contributed by atoms with van der Waals surface area (Å²) in [7, 11) is 1.65. The topological polar surface area (TPSA) is 59.1 Å². The molecule has 0 aromatic heterocycles. The molecular formula is C21H30N2O4. The molecule has 0 radical (unpaired) electrons. The Bertz CT molecular complexity index is 670. The Labute approximate surface area is 161 Å². The van der Waals surface area contributed by atoms with Crippen molar-refractivity contribution >= 4 is 11.8 Å². The summed E-state index contributed by atoms with van der Waals surface area (Å²) in [5, 5.41) is 0. The van der Waals surface area contributed by atoms with Crippen molar-refractivity contribution in [2.45, 2.75) is 44.6 Å². The molecule has 148 valence electrons. The Kier molecular flexibility index (Phi) is 6.37. The third-order valence-corrected chi connectivity index (χ3v) is 5.64. The summed E-state index contributed by atoms with van der Waals surface area (Å²) in [6.45, 7) is 5.05. The average molecular weight is 374 g/mol. The maximum atomic E-state index is 12.9. The second kappa shape index (κ2) is 8.74. The Balaban J connectivity index is 1.70. The van der Waals surface area contributed by atoms with Crippen molar-refractivity contribution < 1.29 is 19.1 Å². The molecular weight excluding hydrogens is 344 g/mol. The molecule has 2 aliphatic heterocycles. The van der Waals surface area contributed by atoms with Gasteiger partial charge in [-0.15, -0.1) is 0 Å². The van der Waals surface area contributed by atoms with E-state index in [2.05, 4.69) is 6.92 Å². The van der Waals surface area contributed by atoms with Crippen LogP contribution >= 0.6 is 0 Å². The Hall–Kier alpha value is -2.08. The number of carbonyl (C=O) groups excluding carboxylic acids is 2. The highest BCUT2D eigenvalue weighted by atomic mass is 16.5. The van der Waals surface area contributed by atoms with Gasteiger partial charge in [-0.05, 0) is 30.9 Å². The van der Waals surface area contributed by atoms with E-state index in [1.54, 1.807) is 7.11 Å². The molecule has 0 aliphatic carbocycles. The second-order valence-corrected chi connectivity index (χ2v) is 7.45. The van der Waals surface area contributed by atoms with E-state index in [-0.39, 0.29) is 17.4 Å². The van der Waals surface area contributed by atoms with Gasteiger partial charge < -0.3 is 19.3 Å². The van der Waals surface area contributed by atoms with Crippen molar-refractivity contribution in [1.82, 2.24) is 9.80 Å². The molecule has 2 saturated heterocycles. The number of methoxy groups -OCH3 is 1. The number of benzene rings is 1. The first-order valence-corrected chi connectivity index (χ1v) is 9.87. The van der Waals surface area contributed by atoms with E-state index < -0.39 is 0 Å². The highest BCUT2D eigenvalue weighted by Crippen LogP contribution is 2.31. The Morgan fingerprint density at radius 3 is 2.85 bits per heavy atom. The molecule has 6 heteroatoms. The maximum absolute atomic E-state index is 12.9. The molecule has 1 unspecified atom stereocenters. The number of para-hydroxylation sites is 1. The van der Waals surface area contributed by atoms with Gasteiger partial charge in [0.1, 0.15) is 5.75 Å². The molecule has 1 spiro atoms. The minimum atomic E-state index is -0.357. The fourth-order valence-corrected chi connectivity index (χ4v) is 4.19. The van der Waals surface area contributed by atoms with Gasteiger partial charge in [0.15, 0.2) is 0 Å². The van der Waals surface area contributed by atoms with Crippen LogP contribution in [0.5, 0.6) is 5.75 Å². The molecule has 6 nitrogen and oxygen atoms in total. The van der Waals surface area contributed by atoms with Gasteiger partial charge in [0.05, 0.1) is 19.3 Å². The van der Waals surface area contributed by atoms with Crippen molar-refractivity contribution in [3.8, 4) is 5.75 Å². The molecule has 27 heavy (non-hydrogen) atoms. The molecule has 2 aliphatic rings. The van der Waals surface area contributed by atoms with Gasteiger partial charge in [-0.1, -0.05) is 25.1 Å². The predicted molar refractivity (Wildman–Crippen MR) is 103 cm³/mol. The van der Waals surface area contributed by atoms with Crippen LogP contribution in [-0.4, -0.2) is 67.1 Å². The van der Waals surface area contributed by atoms with Gasteiger partial charge in [-0.3, -0.25) is 9.59 Å². The molecule has 1 aromatic rings. The van der Waals surface area contributed by atoms with E-state index in [1.165, 1.54) is 0 Å². The fourth-order valence-electron chi connectivity index (χ4n) is 4.19. The highest BCUT2D eigenvalue weighted by Gasteiger charge is 2.46. The minimum absolute atomic E-state index is 0.0957. The molecule has 1 atom stereocenters. The summed E-state index contributed by atoms with van der Waals surface area (Å²) in [6.07, 6.45) is 3.15. The summed E-state index contributed by atoms with van der Waals surface area (Å²) in [6, 6.07) is 7.79. The van der Waals surface area contributed by atoms with E-state index in [1.807, 2.05) is 34.1 Å². The number of ether oxygens (including phenoxy) is 2.